The van der Waals surface area contributed by atoms with Crippen LogP contribution in [0.5, 0.6) is 17.2 Å². The summed E-state index contributed by atoms with van der Waals surface area (Å²) in [5.41, 5.74) is 2.33. The van der Waals surface area contributed by atoms with Gasteiger partial charge >= 0.3 is 0 Å². The molecule has 0 bridgehead atoms. The quantitative estimate of drug-likeness (QED) is 0.340. The minimum atomic E-state index is -0.266. The Kier molecular flexibility index (Phi) is 5.92. The van der Waals surface area contributed by atoms with Crippen LogP contribution in [-0.4, -0.2) is 15.3 Å². The highest BCUT2D eigenvalue weighted by Crippen LogP contribution is 2.47. The molecule has 4 heteroatoms. The fraction of sp³-hybridized carbons (Fsp3) is 0.217. The Labute approximate surface area is 164 Å². The van der Waals surface area contributed by atoms with Gasteiger partial charge in [-0.2, -0.15) is 0 Å². The summed E-state index contributed by atoms with van der Waals surface area (Å²) < 4.78 is 0. The van der Waals surface area contributed by atoms with Crippen molar-refractivity contribution < 1.29 is 15.3 Å². The highest BCUT2D eigenvalue weighted by molar-refractivity contribution is 6.30. The van der Waals surface area contributed by atoms with Crippen molar-refractivity contribution in [2.24, 2.45) is 0 Å². The van der Waals surface area contributed by atoms with Crippen LogP contribution in [0.15, 0.2) is 54.6 Å². The van der Waals surface area contributed by atoms with Gasteiger partial charge in [-0.05, 0) is 42.5 Å². The van der Waals surface area contributed by atoms with Gasteiger partial charge in [-0.1, -0.05) is 67.4 Å². The summed E-state index contributed by atoms with van der Waals surface area (Å²) in [6, 6.07) is 14.7. The first-order valence-corrected chi connectivity index (χ1v) is 9.50. The Morgan fingerprint density at radius 2 is 1.52 bits per heavy atom. The van der Waals surface area contributed by atoms with E-state index in [9.17, 15) is 15.3 Å². The summed E-state index contributed by atoms with van der Waals surface area (Å²) in [7, 11) is 0. The number of aromatic hydroxyl groups is 3. The summed E-state index contributed by atoms with van der Waals surface area (Å²) in [4.78, 5) is 0. The summed E-state index contributed by atoms with van der Waals surface area (Å²) in [5.74, 6) is -0.456. The summed E-state index contributed by atoms with van der Waals surface area (Å²) in [6.07, 6.45) is 5.16. The van der Waals surface area contributed by atoms with Crippen LogP contribution in [0.4, 0.5) is 0 Å². The maximum absolute atomic E-state index is 10.8. The van der Waals surface area contributed by atoms with Crippen molar-refractivity contribution in [1.82, 2.24) is 0 Å². The molecule has 140 valence electrons. The lowest BCUT2D eigenvalue weighted by atomic mass is 9.93. The van der Waals surface area contributed by atoms with E-state index in [1.807, 2.05) is 37.3 Å². The van der Waals surface area contributed by atoms with Crippen LogP contribution in [-0.2, 0) is 6.42 Å². The molecular weight excluding hydrogens is 360 g/mol. The van der Waals surface area contributed by atoms with Crippen molar-refractivity contribution in [3.8, 4) is 17.2 Å². The number of hydrogen-bond acceptors (Lipinski definition) is 3. The van der Waals surface area contributed by atoms with Crippen molar-refractivity contribution in [3.05, 3.63) is 70.8 Å². The van der Waals surface area contributed by atoms with E-state index >= 15 is 0 Å². The molecule has 3 aromatic rings. The fourth-order valence-electron chi connectivity index (χ4n) is 3.36. The first-order chi connectivity index (χ1) is 13.0. The Morgan fingerprint density at radius 1 is 0.889 bits per heavy atom. The summed E-state index contributed by atoms with van der Waals surface area (Å²) >= 11 is 5.92. The van der Waals surface area contributed by atoms with Gasteiger partial charge in [0.25, 0.3) is 0 Å². The molecule has 0 saturated heterocycles. The van der Waals surface area contributed by atoms with Crippen molar-refractivity contribution >= 4 is 27.9 Å². The number of phenolic OH excluding ortho intramolecular Hbond substituents is 3. The van der Waals surface area contributed by atoms with Crippen LogP contribution in [0.2, 0.25) is 5.02 Å². The second kappa shape index (κ2) is 8.36. The first kappa shape index (κ1) is 19.1. The molecule has 27 heavy (non-hydrogen) atoms. The first-order valence-electron chi connectivity index (χ1n) is 9.12. The molecule has 0 fully saturated rings. The molecule has 3 rings (SSSR count). The Hall–Kier alpha value is -2.65. The highest BCUT2D eigenvalue weighted by Gasteiger charge is 2.20. The zero-order valence-corrected chi connectivity index (χ0v) is 16.0. The number of fused-ring (bicyclic) bond motifs is 1. The summed E-state index contributed by atoms with van der Waals surface area (Å²) in [5, 5.41) is 33.4. The van der Waals surface area contributed by atoms with E-state index in [0.717, 1.165) is 24.8 Å². The van der Waals surface area contributed by atoms with Crippen molar-refractivity contribution in [2.45, 2.75) is 32.6 Å². The predicted octanol–water partition coefficient (Wildman–Crippen LogP) is 6.43. The third-order valence-corrected chi connectivity index (χ3v) is 4.96. The van der Waals surface area contributed by atoms with E-state index in [0.29, 0.717) is 27.8 Å². The van der Waals surface area contributed by atoms with E-state index in [2.05, 4.69) is 0 Å². The number of aryl methyl sites for hydroxylation is 1. The topological polar surface area (TPSA) is 60.7 Å². The lowest BCUT2D eigenvalue weighted by molar-refractivity contribution is 0.400. The molecule has 0 atom stereocenters. The summed E-state index contributed by atoms with van der Waals surface area (Å²) in [6.45, 7) is 2.04. The second-order valence-electron chi connectivity index (χ2n) is 6.61. The van der Waals surface area contributed by atoms with Crippen LogP contribution >= 0.6 is 11.6 Å². The van der Waals surface area contributed by atoms with Gasteiger partial charge in [-0.15, -0.1) is 0 Å². The molecule has 0 saturated carbocycles. The minimum Gasteiger partial charge on any atom is -0.507 e. The molecule has 0 heterocycles. The van der Waals surface area contributed by atoms with Gasteiger partial charge in [0.15, 0.2) is 11.5 Å². The average Bonchev–Trinajstić information content (AvgIpc) is 2.68. The number of allylic oxidation sites excluding steroid dienone is 2. The van der Waals surface area contributed by atoms with Crippen LogP contribution in [0.3, 0.4) is 0 Å². The molecular formula is C23H23ClO3. The molecule has 3 aromatic carbocycles. The fourth-order valence-corrected chi connectivity index (χ4v) is 3.48. The maximum atomic E-state index is 10.8. The van der Waals surface area contributed by atoms with Gasteiger partial charge < -0.3 is 15.3 Å². The zero-order chi connectivity index (χ0) is 19.4. The SMILES string of the molecule is CCC/C(=C\CCc1ccc(Cl)cc1)c1c(O)c(O)c2ccccc2c1O. The van der Waals surface area contributed by atoms with E-state index < -0.39 is 0 Å². The smallest absolute Gasteiger partial charge is 0.169 e. The molecule has 0 aliphatic rings. The van der Waals surface area contributed by atoms with Gasteiger partial charge in [0.05, 0.1) is 5.56 Å². The molecule has 0 aliphatic carbocycles. The highest BCUT2D eigenvalue weighted by atomic mass is 35.5. The third-order valence-electron chi connectivity index (χ3n) is 4.71. The molecule has 0 unspecified atom stereocenters. The molecule has 0 amide bonds. The van der Waals surface area contributed by atoms with E-state index in [-0.39, 0.29) is 17.2 Å². The third kappa shape index (κ3) is 4.04. The van der Waals surface area contributed by atoms with Crippen molar-refractivity contribution in [1.29, 1.82) is 0 Å². The molecule has 0 aromatic heterocycles. The Bertz CT molecular complexity index is 975. The van der Waals surface area contributed by atoms with E-state index in [1.54, 1.807) is 24.3 Å². The van der Waals surface area contributed by atoms with Crippen LogP contribution < -0.4 is 0 Å². The predicted molar refractivity (Wildman–Crippen MR) is 112 cm³/mol. The maximum Gasteiger partial charge on any atom is 0.169 e. The number of benzene rings is 3. The molecule has 0 spiro atoms. The van der Waals surface area contributed by atoms with Gasteiger partial charge in [0.1, 0.15) is 5.75 Å². The number of rotatable bonds is 6. The largest absolute Gasteiger partial charge is 0.507 e. The monoisotopic (exact) mass is 382 g/mol. The lowest BCUT2D eigenvalue weighted by Gasteiger charge is -2.15. The Morgan fingerprint density at radius 3 is 2.15 bits per heavy atom. The average molecular weight is 383 g/mol. The van der Waals surface area contributed by atoms with Gasteiger partial charge in [-0.25, -0.2) is 0 Å². The molecule has 0 radical (unpaired) electrons. The Balaban J connectivity index is 1.98. The molecule has 3 nitrogen and oxygen atoms in total. The van der Waals surface area contributed by atoms with Crippen LogP contribution in [0.25, 0.3) is 16.3 Å². The minimum absolute atomic E-state index is 0.00657. The van der Waals surface area contributed by atoms with Gasteiger partial charge in [0.2, 0.25) is 0 Å². The number of halogens is 1. The van der Waals surface area contributed by atoms with Crippen LogP contribution in [0, 0.1) is 0 Å². The number of phenols is 3. The zero-order valence-electron chi connectivity index (χ0n) is 15.2. The molecule has 0 aliphatic heterocycles. The number of hydrogen-bond donors (Lipinski definition) is 3. The van der Waals surface area contributed by atoms with Gasteiger partial charge in [-0.3, -0.25) is 0 Å². The normalized spacial score (nSPS) is 11.9. The van der Waals surface area contributed by atoms with Crippen molar-refractivity contribution in [3.63, 3.8) is 0 Å². The second-order valence-corrected chi connectivity index (χ2v) is 7.05. The van der Waals surface area contributed by atoms with Gasteiger partial charge in [0, 0.05) is 15.8 Å². The van der Waals surface area contributed by atoms with E-state index in [4.69, 9.17) is 11.6 Å². The lowest BCUT2D eigenvalue weighted by Crippen LogP contribution is -1.91. The van der Waals surface area contributed by atoms with Crippen LogP contribution in [0.1, 0.15) is 37.3 Å². The van der Waals surface area contributed by atoms with Crippen molar-refractivity contribution in [2.75, 3.05) is 0 Å². The van der Waals surface area contributed by atoms with E-state index in [1.165, 1.54) is 5.56 Å². The molecule has 3 N–H and O–H groups in total. The standard InChI is InChI=1S/C23H23ClO3/c1-2-6-16(8-5-7-15-11-13-17(24)14-12-15)20-21(25)18-9-3-4-10-19(18)22(26)23(20)27/h3-4,8-14,25-27H,2,5-7H2,1H3/b16-8+.